The first-order valence-electron chi connectivity index (χ1n) is 12.1. The number of nitrogens with zero attached hydrogens (tertiary/aromatic N) is 6. The van der Waals surface area contributed by atoms with E-state index >= 15 is 0 Å². The van der Waals surface area contributed by atoms with Crippen LogP contribution in [0.2, 0.25) is 0 Å². The molecule has 1 N–H and O–H groups in total. The number of amidine groups is 2. The summed E-state index contributed by atoms with van der Waals surface area (Å²) in [5, 5.41) is 34.5. The molecule has 0 spiro atoms. The molecule has 0 atom stereocenters. The molecule has 0 aromatic rings. The largest absolute Gasteiger partial charge is 4.00 e. The molecule has 9 nitrogen and oxygen atoms in total. The summed E-state index contributed by atoms with van der Waals surface area (Å²) in [6.07, 6.45) is 0. The van der Waals surface area contributed by atoms with E-state index in [0.29, 0.717) is 13.1 Å². The van der Waals surface area contributed by atoms with E-state index in [4.69, 9.17) is 0 Å². The van der Waals surface area contributed by atoms with Gasteiger partial charge in [-0.25, -0.2) is 0 Å². The Bertz CT molecular complexity index is 451. The number of rotatable bonds is 8. The van der Waals surface area contributed by atoms with Gasteiger partial charge in [0.05, 0.1) is 12.0 Å². The summed E-state index contributed by atoms with van der Waals surface area (Å²) in [5.74, 6) is 0. The van der Waals surface area contributed by atoms with Crippen LogP contribution in [0.4, 0.5) is 0 Å². The standard InChI is InChI=1S/C19H40N4O2.C2H7N.2C2H6N.Zr/c1-13(2)22(14(3)4)17(24)20-11-19(9,10)12-21-18(25)23(15(5)6)16(7)8;3*1-3-2;/h13-16H,11-12H2,1-10H3,(H,20,24)(H,21,25);3H,1-2H3;2*1-2H3;/q;;2*-1;+4/p-2. The Morgan fingerprint density at radius 2 is 0.857 bits per heavy atom. The zero-order valence-electron chi connectivity index (χ0n) is 25.7. The van der Waals surface area contributed by atoms with Gasteiger partial charge < -0.3 is 36.0 Å². The van der Waals surface area contributed by atoms with Crippen LogP contribution in [0.15, 0.2) is 9.98 Å². The molecule has 0 aliphatic heterocycles. The molecule has 0 bridgehead atoms. The maximum Gasteiger partial charge on any atom is 4.00 e. The third kappa shape index (κ3) is 26.2. The van der Waals surface area contributed by atoms with Gasteiger partial charge in [0.2, 0.25) is 0 Å². The zero-order chi connectivity index (χ0) is 28.1. The molecule has 35 heavy (non-hydrogen) atoms. The molecule has 0 radical (unpaired) electrons. The summed E-state index contributed by atoms with van der Waals surface area (Å²) >= 11 is 0. The molecule has 0 rings (SSSR count). The van der Waals surface area contributed by atoms with E-state index in [1.165, 1.54) is 0 Å². The van der Waals surface area contributed by atoms with Crippen molar-refractivity contribution < 1.29 is 36.4 Å². The maximum atomic E-state index is 12.4. The van der Waals surface area contributed by atoms with E-state index in [2.05, 4.69) is 25.9 Å². The van der Waals surface area contributed by atoms with E-state index in [0.717, 1.165) is 0 Å². The van der Waals surface area contributed by atoms with Crippen molar-refractivity contribution >= 4 is 12.0 Å². The minimum atomic E-state index is -0.343. The first-order chi connectivity index (χ1) is 15.5. The molecule has 0 aromatic heterocycles. The Kier molecular flexibility index (Phi) is 33.4. The molecule has 208 valence electrons. The van der Waals surface area contributed by atoms with Gasteiger partial charge in [0, 0.05) is 42.7 Å². The summed E-state index contributed by atoms with van der Waals surface area (Å²) in [4.78, 5) is 12.0. The van der Waals surface area contributed by atoms with Gasteiger partial charge in [-0.15, -0.1) is 0 Å². The molecule has 0 aromatic carbocycles. The Balaban J connectivity index is -0.000000259. The second-order valence-electron chi connectivity index (χ2n) is 9.95. The second-order valence-corrected chi connectivity index (χ2v) is 9.95. The second kappa shape index (κ2) is 26.4. The normalized spacial score (nSPS) is 11.7. The van der Waals surface area contributed by atoms with Crippen LogP contribution in [0.3, 0.4) is 0 Å². The first kappa shape index (κ1) is 44.3. The van der Waals surface area contributed by atoms with Crippen molar-refractivity contribution in [2.75, 3.05) is 55.4 Å². The number of hydrogen-bond acceptors (Lipinski definition) is 5. The van der Waals surface area contributed by atoms with Crippen molar-refractivity contribution in [3.8, 4) is 0 Å². The molecular weight excluding hydrogens is 522 g/mol. The van der Waals surface area contributed by atoms with Crippen LogP contribution >= 0.6 is 0 Å². The SMILES string of the molecule is CC(C)N(C([O-])=NCC(C)(C)CN=C([O-])N(C(C)C)C(C)C)C(C)C.CNC.C[N-]C.C[N-]C.[Zr+4]. The third-order valence-corrected chi connectivity index (χ3v) is 3.95. The van der Waals surface area contributed by atoms with E-state index in [1.54, 1.807) is 38.0 Å². The van der Waals surface area contributed by atoms with E-state index in [-0.39, 0.29) is 67.8 Å². The van der Waals surface area contributed by atoms with Gasteiger partial charge in [0.25, 0.3) is 0 Å². The minimum Gasteiger partial charge on any atom is -0.846 e. The molecular formula is C25H57N7O2Zr. The van der Waals surface area contributed by atoms with Crippen LogP contribution in [-0.4, -0.2) is 101 Å². The van der Waals surface area contributed by atoms with Crippen LogP contribution in [-0.2, 0) is 26.2 Å². The summed E-state index contributed by atoms with van der Waals surface area (Å²) in [6.45, 7) is 20.5. The monoisotopic (exact) mass is 577 g/mol. The molecule has 0 heterocycles. The van der Waals surface area contributed by atoms with Crippen LogP contribution in [0, 0.1) is 5.41 Å². The van der Waals surface area contributed by atoms with Gasteiger partial charge in [-0.2, -0.15) is 28.2 Å². The van der Waals surface area contributed by atoms with Crippen LogP contribution in [0.25, 0.3) is 10.6 Å². The minimum absolute atomic E-state index is 0. The van der Waals surface area contributed by atoms with Gasteiger partial charge in [0.15, 0.2) is 0 Å². The average Bonchev–Trinajstić information content (AvgIpc) is 2.66. The third-order valence-electron chi connectivity index (χ3n) is 3.95. The van der Waals surface area contributed by atoms with Crippen molar-refractivity contribution in [2.45, 2.75) is 93.4 Å². The average molecular weight is 579 g/mol. The fraction of sp³-hybridized carbons (Fsp3) is 0.920. The summed E-state index contributed by atoms with van der Waals surface area (Å²) < 4.78 is 0. The number of nitrogens with one attached hydrogen (secondary N) is 1. The predicted molar refractivity (Wildman–Crippen MR) is 148 cm³/mol. The molecule has 0 fully saturated rings. The van der Waals surface area contributed by atoms with Crippen molar-refractivity contribution in [2.24, 2.45) is 15.4 Å². The predicted octanol–water partition coefficient (Wildman–Crippen LogP) is 2.76. The smallest absolute Gasteiger partial charge is 0.846 e. The molecule has 0 amide bonds. The molecule has 0 aliphatic carbocycles. The van der Waals surface area contributed by atoms with E-state index < -0.39 is 0 Å². The van der Waals surface area contributed by atoms with E-state index in [9.17, 15) is 10.2 Å². The Morgan fingerprint density at radius 3 is 1.00 bits per heavy atom. The summed E-state index contributed by atoms with van der Waals surface area (Å²) in [5.41, 5.74) is -0.343. The fourth-order valence-corrected chi connectivity index (χ4v) is 2.85. The van der Waals surface area contributed by atoms with Crippen LogP contribution in [0.1, 0.15) is 69.2 Å². The number of hydrogen-bond donors (Lipinski definition) is 1. The van der Waals surface area contributed by atoms with Gasteiger partial charge in [0.1, 0.15) is 0 Å². The zero-order valence-corrected chi connectivity index (χ0v) is 28.2. The van der Waals surface area contributed by atoms with Crippen molar-refractivity contribution in [3.63, 3.8) is 0 Å². The Labute approximate surface area is 237 Å². The van der Waals surface area contributed by atoms with Crippen LogP contribution in [0.5, 0.6) is 0 Å². The topological polar surface area (TPSA) is 118 Å². The summed E-state index contributed by atoms with van der Waals surface area (Å²) in [7, 11) is 10.8. The Hall–Kier alpha value is -0.697. The summed E-state index contributed by atoms with van der Waals surface area (Å²) in [6, 6.07) is 0.0332. The molecule has 10 heteroatoms. The van der Waals surface area contributed by atoms with E-state index in [1.807, 2.05) is 83.3 Å². The quantitative estimate of drug-likeness (QED) is 0.351. The number of aliphatic imine (C=N–C) groups is 2. The Morgan fingerprint density at radius 1 is 0.686 bits per heavy atom. The van der Waals surface area contributed by atoms with Crippen molar-refractivity contribution in [3.05, 3.63) is 10.6 Å². The van der Waals surface area contributed by atoms with Gasteiger partial charge in [-0.1, -0.05) is 13.8 Å². The fourth-order valence-electron chi connectivity index (χ4n) is 2.85. The molecule has 0 aliphatic rings. The van der Waals surface area contributed by atoms with Crippen molar-refractivity contribution in [1.29, 1.82) is 0 Å². The molecule has 0 saturated carbocycles. The first-order valence-corrected chi connectivity index (χ1v) is 12.1. The van der Waals surface area contributed by atoms with Gasteiger partial charge in [-0.05, 0) is 69.5 Å². The maximum absolute atomic E-state index is 12.4. The van der Waals surface area contributed by atoms with Gasteiger partial charge in [-0.3, -0.25) is 9.98 Å². The molecule has 0 unspecified atom stereocenters. The van der Waals surface area contributed by atoms with Crippen LogP contribution < -0.4 is 15.5 Å². The molecule has 0 saturated heterocycles. The van der Waals surface area contributed by atoms with Crippen molar-refractivity contribution in [1.82, 2.24) is 15.1 Å². The van der Waals surface area contributed by atoms with Gasteiger partial charge >= 0.3 is 26.2 Å².